The molecule has 0 amide bonds. The molecule has 0 radical (unpaired) electrons. The first kappa shape index (κ1) is 11.3. The van der Waals surface area contributed by atoms with Crippen LogP contribution >= 0.6 is 0 Å². The summed E-state index contributed by atoms with van der Waals surface area (Å²) in [4.78, 5) is 10.7. The number of rotatable bonds is 4. The maximum Gasteiger partial charge on any atom is 0.325 e. The number of phenols is 1. The van der Waals surface area contributed by atoms with E-state index in [1.165, 1.54) is 18.2 Å². The van der Waals surface area contributed by atoms with E-state index < -0.39 is 12.0 Å². The van der Waals surface area contributed by atoms with Crippen molar-refractivity contribution in [3.05, 3.63) is 23.8 Å². The molecule has 5 nitrogen and oxygen atoms in total. The highest BCUT2D eigenvalue weighted by atomic mass is 16.5. The summed E-state index contributed by atoms with van der Waals surface area (Å²) in [5, 5.41) is 18.2. The first-order valence-corrected chi connectivity index (χ1v) is 4.51. The molecule has 0 aliphatic heterocycles. The van der Waals surface area contributed by atoms with Gasteiger partial charge in [-0.15, -0.1) is 0 Å². The molecule has 5 heteroatoms. The standard InChI is InChI=1S/C10H13NO4/c1-2-15-9-6(8(11)10(13)14)4-3-5-7(9)12/h3-5,8,12H,2,11H2,1H3,(H,13,14)/t8-/m0/s1. The molecule has 0 aliphatic rings. The van der Waals surface area contributed by atoms with Crippen molar-refractivity contribution in [2.75, 3.05) is 6.61 Å². The summed E-state index contributed by atoms with van der Waals surface area (Å²) in [5.41, 5.74) is 5.72. The summed E-state index contributed by atoms with van der Waals surface area (Å²) < 4.78 is 5.15. The number of carbonyl (C=O) groups is 1. The van der Waals surface area contributed by atoms with Crippen molar-refractivity contribution >= 4 is 5.97 Å². The van der Waals surface area contributed by atoms with Crippen LogP contribution in [0.3, 0.4) is 0 Å². The zero-order valence-corrected chi connectivity index (χ0v) is 8.30. The van der Waals surface area contributed by atoms with Crippen LogP contribution in [0, 0.1) is 0 Å². The van der Waals surface area contributed by atoms with Crippen molar-refractivity contribution < 1.29 is 19.7 Å². The van der Waals surface area contributed by atoms with Crippen LogP contribution in [0.25, 0.3) is 0 Å². The molecule has 1 aromatic carbocycles. The lowest BCUT2D eigenvalue weighted by Crippen LogP contribution is -2.21. The second-order valence-corrected chi connectivity index (χ2v) is 2.94. The van der Waals surface area contributed by atoms with Gasteiger partial charge in [0.25, 0.3) is 0 Å². The molecule has 0 fully saturated rings. The number of aliphatic carboxylic acids is 1. The van der Waals surface area contributed by atoms with Crippen molar-refractivity contribution in [3.63, 3.8) is 0 Å². The number of hydrogen-bond donors (Lipinski definition) is 3. The van der Waals surface area contributed by atoms with E-state index in [1.54, 1.807) is 6.92 Å². The van der Waals surface area contributed by atoms with Crippen LogP contribution in [0.1, 0.15) is 18.5 Å². The third-order valence-electron chi connectivity index (χ3n) is 1.91. The Labute approximate surface area is 87.1 Å². The van der Waals surface area contributed by atoms with Gasteiger partial charge in [0.1, 0.15) is 6.04 Å². The normalized spacial score (nSPS) is 12.1. The van der Waals surface area contributed by atoms with Gasteiger partial charge in [-0.25, -0.2) is 0 Å². The molecule has 1 rings (SSSR count). The van der Waals surface area contributed by atoms with E-state index >= 15 is 0 Å². The fraction of sp³-hybridized carbons (Fsp3) is 0.300. The number of carboxylic acid groups (broad SMARTS) is 1. The zero-order chi connectivity index (χ0) is 11.4. The lowest BCUT2D eigenvalue weighted by Gasteiger charge is -2.14. The minimum Gasteiger partial charge on any atom is -0.504 e. The summed E-state index contributed by atoms with van der Waals surface area (Å²) in [6.07, 6.45) is 0. The number of aromatic hydroxyl groups is 1. The topological polar surface area (TPSA) is 92.8 Å². The fourth-order valence-electron chi connectivity index (χ4n) is 1.22. The van der Waals surface area contributed by atoms with Gasteiger partial charge in [0.05, 0.1) is 6.61 Å². The van der Waals surface area contributed by atoms with E-state index in [4.69, 9.17) is 15.6 Å². The number of nitrogens with two attached hydrogens (primary N) is 1. The maximum atomic E-state index is 10.7. The second-order valence-electron chi connectivity index (χ2n) is 2.94. The van der Waals surface area contributed by atoms with Crippen molar-refractivity contribution in [3.8, 4) is 11.5 Å². The minimum absolute atomic E-state index is 0.106. The molecule has 4 N–H and O–H groups in total. The number of ether oxygens (including phenoxy) is 1. The number of hydrogen-bond acceptors (Lipinski definition) is 4. The molecule has 0 aliphatic carbocycles. The molecule has 0 saturated heterocycles. The van der Waals surface area contributed by atoms with Crippen molar-refractivity contribution in [1.29, 1.82) is 0 Å². The van der Waals surface area contributed by atoms with Gasteiger partial charge in [0.2, 0.25) is 0 Å². The van der Waals surface area contributed by atoms with Crippen molar-refractivity contribution in [2.24, 2.45) is 5.73 Å². The summed E-state index contributed by atoms with van der Waals surface area (Å²) in [7, 11) is 0. The predicted octanol–water partition coefficient (Wildman–Crippen LogP) is 0.875. The van der Waals surface area contributed by atoms with Gasteiger partial charge in [0.15, 0.2) is 11.5 Å². The Kier molecular flexibility index (Phi) is 3.51. The molecular formula is C10H13NO4. The van der Waals surface area contributed by atoms with Crippen LogP contribution in [0.4, 0.5) is 0 Å². The van der Waals surface area contributed by atoms with Gasteiger partial charge in [-0.1, -0.05) is 12.1 Å². The van der Waals surface area contributed by atoms with Crippen LogP contribution in [-0.2, 0) is 4.79 Å². The summed E-state index contributed by atoms with van der Waals surface area (Å²) in [5.74, 6) is -1.14. The number of phenolic OH excluding ortho intramolecular Hbond substituents is 1. The molecule has 1 aromatic rings. The van der Waals surface area contributed by atoms with E-state index in [0.717, 1.165) is 0 Å². The Morgan fingerprint density at radius 2 is 2.27 bits per heavy atom. The average Bonchev–Trinajstić information content (AvgIpc) is 2.20. The third-order valence-corrected chi connectivity index (χ3v) is 1.91. The highest BCUT2D eigenvalue weighted by molar-refractivity contribution is 5.77. The van der Waals surface area contributed by atoms with Crippen LogP contribution < -0.4 is 10.5 Å². The van der Waals surface area contributed by atoms with Gasteiger partial charge in [-0.2, -0.15) is 0 Å². The van der Waals surface area contributed by atoms with Crippen LogP contribution in [-0.4, -0.2) is 22.8 Å². The summed E-state index contributed by atoms with van der Waals surface area (Å²) in [6.45, 7) is 2.07. The van der Waals surface area contributed by atoms with Crippen LogP contribution in [0.15, 0.2) is 18.2 Å². The summed E-state index contributed by atoms with van der Waals surface area (Å²) in [6, 6.07) is 3.27. The third kappa shape index (κ3) is 2.38. The first-order valence-electron chi connectivity index (χ1n) is 4.51. The zero-order valence-electron chi connectivity index (χ0n) is 8.30. The Bertz CT molecular complexity index is 364. The Balaban J connectivity index is 3.15. The monoisotopic (exact) mass is 211 g/mol. The molecule has 0 spiro atoms. The molecule has 0 bridgehead atoms. The predicted molar refractivity (Wildman–Crippen MR) is 53.8 cm³/mol. The van der Waals surface area contributed by atoms with Gasteiger partial charge in [0, 0.05) is 5.56 Å². The highest BCUT2D eigenvalue weighted by Gasteiger charge is 2.20. The lowest BCUT2D eigenvalue weighted by atomic mass is 10.1. The Morgan fingerprint density at radius 1 is 1.60 bits per heavy atom. The molecule has 1 atom stereocenters. The molecule has 82 valence electrons. The average molecular weight is 211 g/mol. The molecular weight excluding hydrogens is 198 g/mol. The van der Waals surface area contributed by atoms with Gasteiger partial charge in [-0.05, 0) is 13.0 Å². The Morgan fingerprint density at radius 3 is 2.80 bits per heavy atom. The fourth-order valence-corrected chi connectivity index (χ4v) is 1.22. The SMILES string of the molecule is CCOc1c(O)cccc1[C@H](N)C(=O)O. The quantitative estimate of drug-likeness (QED) is 0.687. The van der Waals surface area contributed by atoms with E-state index in [-0.39, 0.29) is 17.1 Å². The van der Waals surface area contributed by atoms with Gasteiger partial charge < -0.3 is 20.7 Å². The summed E-state index contributed by atoms with van der Waals surface area (Å²) >= 11 is 0. The molecule has 0 saturated carbocycles. The second kappa shape index (κ2) is 4.65. The van der Waals surface area contributed by atoms with E-state index in [0.29, 0.717) is 6.61 Å². The number of carboxylic acids is 1. The number of para-hydroxylation sites is 1. The molecule has 0 aromatic heterocycles. The van der Waals surface area contributed by atoms with Crippen molar-refractivity contribution in [2.45, 2.75) is 13.0 Å². The highest BCUT2D eigenvalue weighted by Crippen LogP contribution is 2.33. The van der Waals surface area contributed by atoms with E-state index in [9.17, 15) is 9.90 Å². The first-order chi connectivity index (χ1) is 7.07. The molecule has 0 unspecified atom stereocenters. The largest absolute Gasteiger partial charge is 0.504 e. The Hall–Kier alpha value is -1.75. The minimum atomic E-state index is -1.20. The smallest absolute Gasteiger partial charge is 0.325 e. The van der Waals surface area contributed by atoms with E-state index in [1.807, 2.05) is 0 Å². The van der Waals surface area contributed by atoms with Crippen molar-refractivity contribution in [1.82, 2.24) is 0 Å². The maximum absolute atomic E-state index is 10.7. The van der Waals surface area contributed by atoms with Gasteiger partial charge in [-0.3, -0.25) is 4.79 Å². The number of benzene rings is 1. The molecule has 15 heavy (non-hydrogen) atoms. The van der Waals surface area contributed by atoms with Gasteiger partial charge >= 0.3 is 5.97 Å². The van der Waals surface area contributed by atoms with E-state index in [2.05, 4.69) is 0 Å². The van der Waals surface area contributed by atoms with Crippen LogP contribution in [0.2, 0.25) is 0 Å². The van der Waals surface area contributed by atoms with Crippen LogP contribution in [0.5, 0.6) is 11.5 Å². The molecule has 0 heterocycles. The lowest BCUT2D eigenvalue weighted by molar-refractivity contribution is -0.138.